The smallest absolute Gasteiger partial charge is 0.0645 e. The lowest BCUT2D eigenvalue weighted by Gasteiger charge is -2.22. The van der Waals surface area contributed by atoms with Crippen LogP contribution in [-0.4, -0.2) is 34.8 Å². The van der Waals surface area contributed by atoms with Crippen LogP contribution in [0.3, 0.4) is 0 Å². The standard InChI is InChI=1S/C14H20N4/c1-12(17(2)9-8-15)13-10-16-18(11-13)14-6-4-3-5-7-14/h3-7,10-12H,8-9,15H2,1-2H3. The molecular weight excluding hydrogens is 224 g/mol. The fourth-order valence-corrected chi connectivity index (χ4v) is 1.93. The highest BCUT2D eigenvalue weighted by Gasteiger charge is 2.13. The molecule has 1 heterocycles. The Kier molecular flexibility index (Phi) is 4.12. The van der Waals surface area contributed by atoms with Gasteiger partial charge in [0.05, 0.1) is 11.9 Å². The molecule has 1 unspecified atom stereocenters. The van der Waals surface area contributed by atoms with Gasteiger partial charge in [0.15, 0.2) is 0 Å². The molecule has 0 bridgehead atoms. The summed E-state index contributed by atoms with van der Waals surface area (Å²) >= 11 is 0. The Morgan fingerprint density at radius 3 is 2.72 bits per heavy atom. The topological polar surface area (TPSA) is 47.1 Å². The van der Waals surface area contributed by atoms with E-state index in [0.717, 1.165) is 12.2 Å². The van der Waals surface area contributed by atoms with Crippen LogP contribution in [0.25, 0.3) is 5.69 Å². The second-order valence-electron chi connectivity index (χ2n) is 4.50. The zero-order valence-corrected chi connectivity index (χ0v) is 11.0. The summed E-state index contributed by atoms with van der Waals surface area (Å²) in [5.41, 5.74) is 7.86. The molecular formula is C14H20N4. The normalized spacial score (nSPS) is 12.9. The number of hydrogen-bond acceptors (Lipinski definition) is 3. The summed E-state index contributed by atoms with van der Waals surface area (Å²) in [6, 6.07) is 10.5. The number of para-hydroxylation sites is 1. The number of likely N-dealkylation sites (N-methyl/N-ethyl adjacent to an activating group) is 1. The van der Waals surface area contributed by atoms with Gasteiger partial charge in [-0.15, -0.1) is 0 Å². The molecule has 4 nitrogen and oxygen atoms in total. The van der Waals surface area contributed by atoms with E-state index in [1.165, 1.54) is 5.56 Å². The predicted molar refractivity (Wildman–Crippen MR) is 73.7 cm³/mol. The van der Waals surface area contributed by atoms with Crippen molar-refractivity contribution in [2.24, 2.45) is 5.73 Å². The second kappa shape index (κ2) is 5.80. The van der Waals surface area contributed by atoms with Crippen molar-refractivity contribution in [3.63, 3.8) is 0 Å². The fraction of sp³-hybridized carbons (Fsp3) is 0.357. The zero-order chi connectivity index (χ0) is 13.0. The van der Waals surface area contributed by atoms with Gasteiger partial charge in [0.1, 0.15) is 0 Å². The van der Waals surface area contributed by atoms with Gasteiger partial charge in [-0.25, -0.2) is 4.68 Å². The second-order valence-corrected chi connectivity index (χ2v) is 4.50. The molecule has 96 valence electrons. The zero-order valence-electron chi connectivity index (χ0n) is 11.0. The van der Waals surface area contributed by atoms with Crippen LogP contribution in [0.15, 0.2) is 42.7 Å². The van der Waals surface area contributed by atoms with E-state index in [1.54, 1.807) is 0 Å². The number of aromatic nitrogens is 2. The Morgan fingerprint density at radius 1 is 1.33 bits per heavy atom. The van der Waals surface area contributed by atoms with E-state index >= 15 is 0 Å². The minimum absolute atomic E-state index is 0.325. The first-order valence-electron chi connectivity index (χ1n) is 6.22. The average Bonchev–Trinajstić information content (AvgIpc) is 2.89. The van der Waals surface area contributed by atoms with Gasteiger partial charge in [-0.3, -0.25) is 4.90 Å². The lowest BCUT2D eigenvalue weighted by atomic mass is 10.1. The van der Waals surface area contributed by atoms with Crippen LogP contribution in [-0.2, 0) is 0 Å². The molecule has 0 fully saturated rings. The lowest BCUT2D eigenvalue weighted by molar-refractivity contribution is 0.269. The van der Waals surface area contributed by atoms with Crippen molar-refractivity contribution in [1.82, 2.24) is 14.7 Å². The number of hydrogen-bond donors (Lipinski definition) is 1. The maximum absolute atomic E-state index is 5.58. The molecule has 2 N–H and O–H groups in total. The maximum atomic E-state index is 5.58. The van der Waals surface area contributed by atoms with Gasteiger partial charge >= 0.3 is 0 Å². The van der Waals surface area contributed by atoms with Crippen LogP contribution in [0.4, 0.5) is 0 Å². The first-order chi connectivity index (χ1) is 8.72. The summed E-state index contributed by atoms with van der Waals surface area (Å²) in [6.45, 7) is 3.73. The molecule has 1 aromatic carbocycles. The van der Waals surface area contributed by atoms with Crippen molar-refractivity contribution in [3.05, 3.63) is 48.3 Å². The lowest BCUT2D eigenvalue weighted by Crippen LogP contribution is -2.28. The summed E-state index contributed by atoms with van der Waals surface area (Å²) in [6.07, 6.45) is 4.00. The molecule has 2 rings (SSSR count). The molecule has 0 amide bonds. The van der Waals surface area contributed by atoms with Crippen molar-refractivity contribution in [1.29, 1.82) is 0 Å². The van der Waals surface area contributed by atoms with E-state index in [2.05, 4.69) is 30.2 Å². The fourth-order valence-electron chi connectivity index (χ4n) is 1.93. The highest BCUT2D eigenvalue weighted by Crippen LogP contribution is 2.18. The van der Waals surface area contributed by atoms with E-state index in [0.29, 0.717) is 12.6 Å². The van der Waals surface area contributed by atoms with E-state index in [-0.39, 0.29) is 0 Å². The molecule has 1 atom stereocenters. The predicted octanol–water partition coefficient (Wildman–Crippen LogP) is 1.82. The summed E-state index contributed by atoms with van der Waals surface area (Å²) in [4.78, 5) is 2.23. The highest BCUT2D eigenvalue weighted by atomic mass is 15.3. The molecule has 2 aromatic rings. The Bertz CT molecular complexity index is 478. The third-order valence-corrected chi connectivity index (χ3v) is 3.25. The third kappa shape index (κ3) is 2.78. The quantitative estimate of drug-likeness (QED) is 0.872. The summed E-state index contributed by atoms with van der Waals surface area (Å²) in [7, 11) is 2.08. The SMILES string of the molecule is CC(c1cnn(-c2ccccc2)c1)N(C)CCN. The molecule has 0 saturated carbocycles. The number of benzene rings is 1. The highest BCUT2D eigenvalue weighted by molar-refractivity contribution is 5.31. The minimum Gasteiger partial charge on any atom is -0.329 e. The average molecular weight is 244 g/mol. The van der Waals surface area contributed by atoms with Crippen LogP contribution in [0.2, 0.25) is 0 Å². The van der Waals surface area contributed by atoms with Crippen LogP contribution >= 0.6 is 0 Å². The molecule has 1 aromatic heterocycles. The van der Waals surface area contributed by atoms with E-state index < -0.39 is 0 Å². The van der Waals surface area contributed by atoms with Gasteiger partial charge in [-0.05, 0) is 26.1 Å². The Labute approximate surface area is 108 Å². The van der Waals surface area contributed by atoms with Crippen LogP contribution < -0.4 is 5.73 Å². The Balaban J connectivity index is 2.15. The van der Waals surface area contributed by atoms with E-state index in [1.807, 2.05) is 41.2 Å². The first-order valence-corrected chi connectivity index (χ1v) is 6.22. The number of rotatable bonds is 5. The molecule has 0 aliphatic rings. The van der Waals surface area contributed by atoms with Crippen molar-refractivity contribution in [2.45, 2.75) is 13.0 Å². The summed E-state index contributed by atoms with van der Waals surface area (Å²) in [5, 5.41) is 4.41. The van der Waals surface area contributed by atoms with Gasteiger partial charge in [0, 0.05) is 30.9 Å². The van der Waals surface area contributed by atoms with Gasteiger partial charge in [0.25, 0.3) is 0 Å². The Hall–Kier alpha value is -1.65. The van der Waals surface area contributed by atoms with Crippen molar-refractivity contribution >= 4 is 0 Å². The molecule has 0 aliphatic heterocycles. The molecule has 4 heteroatoms. The molecule has 18 heavy (non-hydrogen) atoms. The van der Waals surface area contributed by atoms with Crippen LogP contribution in [0.1, 0.15) is 18.5 Å². The molecule has 0 spiro atoms. The van der Waals surface area contributed by atoms with Gasteiger partial charge in [0.2, 0.25) is 0 Å². The van der Waals surface area contributed by atoms with Gasteiger partial charge < -0.3 is 5.73 Å². The summed E-state index contributed by atoms with van der Waals surface area (Å²) in [5.74, 6) is 0. The van der Waals surface area contributed by atoms with Gasteiger partial charge in [-0.2, -0.15) is 5.10 Å². The van der Waals surface area contributed by atoms with Crippen LogP contribution in [0.5, 0.6) is 0 Å². The van der Waals surface area contributed by atoms with Gasteiger partial charge in [-0.1, -0.05) is 18.2 Å². The third-order valence-electron chi connectivity index (χ3n) is 3.25. The molecule has 0 aliphatic carbocycles. The Morgan fingerprint density at radius 2 is 2.06 bits per heavy atom. The van der Waals surface area contributed by atoms with Crippen molar-refractivity contribution in [3.8, 4) is 5.69 Å². The largest absolute Gasteiger partial charge is 0.329 e. The number of nitrogens with two attached hydrogens (primary N) is 1. The maximum Gasteiger partial charge on any atom is 0.0645 e. The molecule has 0 saturated heterocycles. The monoisotopic (exact) mass is 244 g/mol. The van der Waals surface area contributed by atoms with Crippen LogP contribution in [0, 0.1) is 0 Å². The first kappa shape index (κ1) is 12.8. The number of nitrogens with zero attached hydrogens (tertiary/aromatic N) is 3. The van der Waals surface area contributed by atoms with Crippen molar-refractivity contribution < 1.29 is 0 Å². The van der Waals surface area contributed by atoms with E-state index in [4.69, 9.17) is 5.73 Å². The summed E-state index contributed by atoms with van der Waals surface area (Å²) < 4.78 is 1.90. The minimum atomic E-state index is 0.325. The molecule has 0 radical (unpaired) electrons. The van der Waals surface area contributed by atoms with Crippen molar-refractivity contribution in [2.75, 3.05) is 20.1 Å². The van der Waals surface area contributed by atoms with E-state index in [9.17, 15) is 0 Å².